The SMILES string of the molecule is Cc1cc(C(=O)NNC(=O)c2ccc(C)c(NS(=O)(=O)c3ccc(F)cc3)c2)c(C)o1. The minimum atomic E-state index is -3.99. The lowest BCUT2D eigenvalue weighted by Crippen LogP contribution is -2.41. The number of carbonyl (C=O) groups excluding carboxylic acids is 2. The van der Waals surface area contributed by atoms with E-state index < -0.39 is 27.7 Å². The molecule has 0 unspecified atom stereocenters. The molecule has 0 aliphatic heterocycles. The predicted molar refractivity (Wildman–Crippen MR) is 112 cm³/mol. The monoisotopic (exact) mass is 445 g/mol. The van der Waals surface area contributed by atoms with Gasteiger partial charge in [-0.05, 0) is 68.8 Å². The van der Waals surface area contributed by atoms with Crippen LogP contribution in [0, 0.1) is 26.6 Å². The number of hydrogen-bond acceptors (Lipinski definition) is 5. The fourth-order valence-corrected chi connectivity index (χ4v) is 3.92. The topological polar surface area (TPSA) is 118 Å². The van der Waals surface area contributed by atoms with E-state index in [1.54, 1.807) is 32.9 Å². The van der Waals surface area contributed by atoms with Crippen LogP contribution in [-0.2, 0) is 10.0 Å². The van der Waals surface area contributed by atoms with Crippen molar-refractivity contribution in [3.63, 3.8) is 0 Å². The zero-order chi connectivity index (χ0) is 22.8. The Labute approximate surface area is 178 Å². The van der Waals surface area contributed by atoms with E-state index in [0.717, 1.165) is 24.3 Å². The number of nitrogens with one attached hydrogen (secondary N) is 3. The second kappa shape index (κ2) is 8.60. The first kappa shape index (κ1) is 22.0. The highest BCUT2D eigenvalue weighted by Crippen LogP contribution is 2.21. The molecule has 0 saturated heterocycles. The molecule has 0 aliphatic rings. The van der Waals surface area contributed by atoms with Crippen LogP contribution in [-0.4, -0.2) is 20.2 Å². The summed E-state index contributed by atoms with van der Waals surface area (Å²) in [6, 6.07) is 10.3. The van der Waals surface area contributed by atoms with Crippen molar-refractivity contribution in [3.8, 4) is 0 Å². The summed E-state index contributed by atoms with van der Waals surface area (Å²) in [7, 11) is -3.99. The van der Waals surface area contributed by atoms with Crippen LogP contribution >= 0.6 is 0 Å². The maximum absolute atomic E-state index is 13.1. The maximum atomic E-state index is 13.1. The van der Waals surface area contributed by atoms with E-state index in [2.05, 4.69) is 15.6 Å². The summed E-state index contributed by atoms with van der Waals surface area (Å²) in [6.07, 6.45) is 0. The van der Waals surface area contributed by atoms with E-state index in [1.807, 2.05) is 0 Å². The molecule has 10 heteroatoms. The zero-order valence-corrected chi connectivity index (χ0v) is 17.8. The van der Waals surface area contributed by atoms with Crippen LogP contribution in [0.3, 0.4) is 0 Å². The molecule has 31 heavy (non-hydrogen) atoms. The van der Waals surface area contributed by atoms with Crippen molar-refractivity contribution < 1.29 is 26.8 Å². The highest BCUT2D eigenvalue weighted by Gasteiger charge is 2.18. The lowest BCUT2D eigenvalue weighted by atomic mass is 10.1. The number of amides is 2. The third-order valence-electron chi connectivity index (χ3n) is 4.44. The van der Waals surface area contributed by atoms with Gasteiger partial charge in [0.1, 0.15) is 17.3 Å². The van der Waals surface area contributed by atoms with Crippen molar-refractivity contribution in [2.75, 3.05) is 4.72 Å². The molecular formula is C21H20FN3O5S. The van der Waals surface area contributed by atoms with Crippen LogP contribution < -0.4 is 15.6 Å². The molecule has 1 aromatic heterocycles. The average Bonchev–Trinajstić information content (AvgIpc) is 3.05. The van der Waals surface area contributed by atoms with Gasteiger partial charge in [0.25, 0.3) is 21.8 Å². The normalized spacial score (nSPS) is 11.1. The Morgan fingerprint density at radius 2 is 1.55 bits per heavy atom. The predicted octanol–water partition coefficient (Wildman–Crippen LogP) is 3.22. The first-order valence-corrected chi connectivity index (χ1v) is 10.6. The number of anilines is 1. The van der Waals surface area contributed by atoms with Gasteiger partial charge in [0.15, 0.2) is 0 Å². The van der Waals surface area contributed by atoms with Gasteiger partial charge in [0.2, 0.25) is 0 Å². The van der Waals surface area contributed by atoms with E-state index in [-0.39, 0.29) is 21.7 Å². The summed E-state index contributed by atoms with van der Waals surface area (Å²) in [5.41, 5.74) is 5.71. The number of benzene rings is 2. The van der Waals surface area contributed by atoms with E-state index in [4.69, 9.17) is 4.42 Å². The van der Waals surface area contributed by atoms with E-state index in [1.165, 1.54) is 12.1 Å². The molecule has 0 radical (unpaired) electrons. The van der Waals surface area contributed by atoms with E-state index >= 15 is 0 Å². The third-order valence-corrected chi connectivity index (χ3v) is 5.82. The molecular weight excluding hydrogens is 425 g/mol. The highest BCUT2D eigenvalue weighted by molar-refractivity contribution is 7.92. The third kappa shape index (κ3) is 5.10. The second-order valence-electron chi connectivity index (χ2n) is 6.82. The Balaban J connectivity index is 1.74. The first-order valence-electron chi connectivity index (χ1n) is 9.13. The van der Waals surface area contributed by atoms with Gasteiger partial charge in [-0.15, -0.1) is 0 Å². The quantitative estimate of drug-likeness (QED) is 0.521. The van der Waals surface area contributed by atoms with Crippen molar-refractivity contribution in [1.82, 2.24) is 10.9 Å². The molecule has 3 N–H and O–H groups in total. The molecule has 2 aromatic carbocycles. The van der Waals surface area contributed by atoms with Gasteiger partial charge in [-0.3, -0.25) is 25.2 Å². The van der Waals surface area contributed by atoms with Gasteiger partial charge < -0.3 is 4.42 Å². The van der Waals surface area contributed by atoms with Crippen LogP contribution in [0.25, 0.3) is 0 Å². The molecule has 0 spiro atoms. The van der Waals surface area contributed by atoms with Gasteiger partial charge in [-0.25, -0.2) is 12.8 Å². The summed E-state index contributed by atoms with van der Waals surface area (Å²) in [5, 5.41) is 0. The van der Waals surface area contributed by atoms with E-state index in [0.29, 0.717) is 17.1 Å². The fraction of sp³-hybridized carbons (Fsp3) is 0.143. The molecule has 1 heterocycles. The van der Waals surface area contributed by atoms with Crippen LogP contribution in [0.15, 0.2) is 57.8 Å². The fourth-order valence-electron chi connectivity index (χ4n) is 2.80. The van der Waals surface area contributed by atoms with Crippen molar-refractivity contribution >= 4 is 27.5 Å². The molecule has 3 rings (SSSR count). The van der Waals surface area contributed by atoms with Crippen molar-refractivity contribution in [1.29, 1.82) is 0 Å². The standard InChI is InChI=1S/C21H20FN3O5S/c1-12-4-5-15(20(26)23-24-21(27)18-10-13(2)30-14(18)3)11-19(12)25-31(28,29)17-8-6-16(22)7-9-17/h4-11,25H,1-3H3,(H,23,26)(H,24,27). The Hall–Kier alpha value is -3.66. The molecule has 162 valence electrons. The molecule has 0 fully saturated rings. The molecule has 0 atom stereocenters. The first-order chi connectivity index (χ1) is 14.6. The van der Waals surface area contributed by atoms with Gasteiger partial charge in [0, 0.05) is 5.56 Å². The molecule has 0 bridgehead atoms. The number of furan rings is 1. The number of carbonyl (C=O) groups is 2. The van der Waals surface area contributed by atoms with Crippen LogP contribution in [0.2, 0.25) is 0 Å². The number of hydrogen-bond donors (Lipinski definition) is 3. The Bertz CT molecular complexity index is 1250. The summed E-state index contributed by atoms with van der Waals surface area (Å²) in [4.78, 5) is 24.5. The van der Waals surface area contributed by atoms with Crippen LogP contribution in [0.5, 0.6) is 0 Å². The summed E-state index contributed by atoms with van der Waals surface area (Å²) in [6.45, 7) is 4.99. The Morgan fingerprint density at radius 1 is 0.903 bits per heavy atom. The summed E-state index contributed by atoms with van der Waals surface area (Å²) < 4.78 is 45.9. The lowest BCUT2D eigenvalue weighted by Gasteiger charge is -2.13. The number of sulfonamides is 1. The lowest BCUT2D eigenvalue weighted by molar-refractivity contribution is 0.0845. The van der Waals surface area contributed by atoms with Gasteiger partial charge in [-0.2, -0.15) is 0 Å². The van der Waals surface area contributed by atoms with Gasteiger partial charge >= 0.3 is 0 Å². The largest absolute Gasteiger partial charge is 0.466 e. The number of halogens is 1. The van der Waals surface area contributed by atoms with Gasteiger partial charge in [-0.1, -0.05) is 6.07 Å². The summed E-state index contributed by atoms with van der Waals surface area (Å²) in [5.74, 6) is -0.778. The smallest absolute Gasteiger partial charge is 0.273 e. The van der Waals surface area contributed by atoms with Crippen molar-refractivity contribution in [2.45, 2.75) is 25.7 Å². The van der Waals surface area contributed by atoms with E-state index in [9.17, 15) is 22.4 Å². The molecule has 0 saturated carbocycles. The molecule has 3 aromatic rings. The second-order valence-corrected chi connectivity index (χ2v) is 8.51. The molecule has 2 amide bonds. The van der Waals surface area contributed by atoms with Crippen LogP contribution in [0.4, 0.5) is 10.1 Å². The average molecular weight is 445 g/mol. The minimum absolute atomic E-state index is 0.114. The van der Waals surface area contributed by atoms with Crippen molar-refractivity contribution in [2.24, 2.45) is 0 Å². The molecule has 8 nitrogen and oxygen atoms in total. The summed E-state index contributed by atoms with van der Waals surface area (Å²) >= 11 is 0. The molecule has 0 aliphatic carbocycles. The maximum Gasteiger partial charge on any atom is 0.273 e. The zero-order valence-electron chi connectivity index (χ0n) is 16.9. The number of rotatable bonds is 5. The Kier molecular flexibility index (Phi) is 6.11. The van der Waals surface area contributed by atoms with Gasteiger partial charge in [0.05, 0.1) is 16.1 Å². The number of hydrazine groups is 1. The van der Waals surface area contributed by atoms with Crippen molar-refractivity contribution in [3.05, 3.63) is 82.6 Å². The Morgan fingerprint density at radius 3 is 2.16 bits per heavy atom. The highest BCUT2D eigenvalue weighted by atomic mass is 32.2. The van der Waals surface area contributed by atoms with Crippen LogP contribution in [0.1, 0.15) is 37.8 Å². The number of aryl methyl sites for hydroxylation is 3. The minimum Gasteiger partial charge on any atom is -0.466 e.